The lowest BCUT2D eigenvalue weighted by Crippen LogP contribution is -2.12. The monoisotopic (exact) mass is 331 g/mol. The summed E-state index contributed by atoms with van der Waals surface area (Å²) in [6, 6.07) is 7.93. The number of nitrogens with zero attached hydrogens (tertiary/aromatic N) is 1. The summed E-state index contributed by atoms with van der Waals surface area (Å²) in [6.07, 6.45) is 0.305. The molecule has 1 aromatic carbocycles. The molecule has 0 heterocycles. The van der Waals surface area contributed by atoms with Crippen LogP contribution < -0.4 is 4.74 Å². The van der Waals surface area contributed by atoms with Gasteiger partial charge in [-0.2, -0.15) is 5.26 Å². The fraction of sp³-hybridized carbons (Fsp3) is 0.364. The summed E-state index contributed by atoms with van der Waals surface area (Å²) in [5.41, 5.74) is 1.17. The van der Waals surface area contributed by atoms with E-state index in [9.17, 15) is 0 Å². The third kappa shape index (κ3) is 3.51. The lowest BCUT2D eigenvalue weighted by atomic mass is 10.2. The van der Waals surface area contributed by atoms with Gasteiger partial charge in [-0.3, -0.25) is 0 Å². The van der Waals surface area contributed by atoms with Crippen LogP contribution in [0.2, 0.25) is 0 Å². The van der Waals surface area contributed by atoms with E-state index in [1.54, 1.807) is 0 Å². The van der Waals surface area contributed by atoms with Crippen molar-refractivity contribution >= 4 is 31.9 Å². The molecule has 0 aliphatic carbocycles. The minimum atomic E-state index is -0.379. The second kappa shape index (κ2) is 6.14. The first-order valence-electron chi connectivity index (χ1n) is 4.62. The second-order valence-corrected chi connectivity index (χ2v) is 4.46. The highest BCUT2D eigenvalue weighted by Gasteiger charge is 2.09. The van der Waals surface area contributed by atoms with Crippen LogP contribution in [0.5, 0.6) is 5.75 Å². The zero-order chi connectivity index (χ0) is 11.3. The molecule has 80 valence electrons. The van der Waals surface area contributed by atoms with Crippen molar-refractivity contribution in [3.05, 3.63) is 28.2 Å². The van der Waals surface area contributed by atoms with Crippen LogP contribution in [0.1, 0.15) is 18.9 Å². The normalized spacial score (nSPS) is 11.9. The Bertz CT molecular complexity index is 373. The Labute approximate surface area is 106 Å². The molecule has 0 radical (unpaired) electrons. The van der Waals surface area contributed by atoms with Crippen molar-refractivity contribution < 1.29 is 4.74 Å². The number of benzene rings is 1. The topological polar surface area (TPSA) is 33.0 Å². The van der Waals surface area contributed by atoms with Gasteiger partial charge in [0.2, 0.25) is 0 Å². The fourth-order valence-corrected chi connectivity index (χ4v) is 1.95. The molecule has 15 heavy (non-hydrogen) atoms. The Balaban J connectivity index is 2.83. The predicted octanol–water partition coefficient (Wildman–Crippen LogP) is 4.02. The molecular formula is C11H11Br2NO. The van der Waals surface area contributed by atoms with Gasteiger partial charge >= 0.3 is 0 Å². The van der Waals surface area contributed by atoms with Gasteiger partial charge in [0.1, 0.15) is 11.8 Å². The number of hydrogen-bond donors (Lipinski definition) is 0. The number of nitriles is 1. The lowest BCUT2D eigenvalue weighted by Gasteiger charge is -2.12. The van der Waals surface area contributed by atoms with Gasteiger partial charge < -0.3 is 4.74 Å². The maximum Gasteiger partial charge on any atom is 0.184 e. The van der Waals surface area contributed by atoms with Crippen molar-refractivity contribution in [1.29, 1.82) is 5.26 Å². The average molecular weight is 333 g/mol. The Kier molecular flexibility index (Phi) is 5.13. The van der Waals surface area contributed by atoms with E-state index in [2.05, 4.69) is 37.9 Å². The van der Waals surface area contributed by atoms with Gasteiger partial charge in [0.05, 0.1) is 4.47 Å². The first-order chi connectivity index (χ1) is 7.21. The van der Waals surface area contributed by atoms with Gasteiger partial charge in [0.25, 0.3) is 0 Å². The molecule has 1 unspecified atom stereocenters. The van der Waals surface area contributed by atoms with E-state index in [0.717, 1.165) is 9.80 Å². The quantitative estimate of drug-likeness (QED) is 0.780. The van der Waals surface area contributed by atoms with Crippen LogP contribution in [0.25, 0.3) is 0 Å². The minimum Gasteiger partial charge on any atom is -0.474 e. The molecule has 1 rings (SSSR count). The largest absolute Gasteiger partial charge is 0.474 e. The molecule has 0 fully saturated rings. The molecule has 1 atom stereocenters. The second-order valence-electron chi connectivity index (χ2n) is 3.04. The molecule has 0 spiro atoms. The Hall–Kier alpha value is -0.530. The zero-order valence-corrected chi connectivity index (χ0v) is 11.5. The highest BCUT2D eigenvalue weighted by molar-refractivity contribution is 9.10. The van der Waals surface area contributed by atoms with Crippen LogP contribution in [0.15, 0.2) is 22.7 Å². The first-order valence-corrected chi connectivity index (χ1v) is 6.53. The molecule has 0 aliphatic rings. The molecule has 0 saturated carbocycles. The molecular weight excluding hydrogens is 322 g/mol. The summed E-state index contributed by atoms with van der Waals surface area (Å²) in [5, 5.41) is 9.59. The van der Waals surface area contributed by atoms with E-state index in [1.807, 2.05) is 25.1 Å². The molecule has 0 bridgehead atoms. The van der Waals surface area contributed by atoms with Gasteiger partial charge in [0, 0.05) is 5.33 Å². The van der Waals surface area contributed by atoms with E-state index in [0.29, 0.717) is 12.2 Å². The molecule has 0 aromatic heterocycles. The van der Waals surface area contributed by atoms with Crippen molar-refractivity contribution in [3.8, 4) is 11.8 Å². The number of halogens is 2. The van der Waals surface area contributed by atoms with E-state index < -0.39 is 0 Å². The third-order valence-electron chi connectivity index (χ3n) is 1.93. The van der Waals surface area contributed by atoms with Crippen LogP contribution in [-0.4, -0.2) is 6.10 Å². The molecule has 1 aromatic rings. The lowest BCUT2D eigenvalue weighted by molar-refractivity contribution is 0.250. The number of alkyl halides is 1. The van der Waals surface area contributed by atoms with E-state index in [4.69, 9.17) is 10.00 Å². The van der Waals surface area contributed by atoms with Crippen LogP contribution >= 0.6 is 31.9 Å². The summed E-state index contributed by atoms with van der Waals surface area (Å²) >= 11 is 6.80. The van der Waals surface area contributed by atoms with E-state index in [-0.39, 0.29) is 6.10 Å². The third-order valence-corrected chi connectivity index (χ3v) is 3.20. The minimum absolute atomic E-state index is 0.379. The van der Waals surface area contributed by atoms with Crippen LogP contribution in [0.4, 0.5) is 0 Å². The molecule has 0 aliphatic heterocycles. The van der Waals surface area contributed by atoms with Gasteiger partial charge in [-0.1, -0.05) is 28.9 Å². The van der Waals surface area contributed by atoms with Crippen molar-refractivity contribution in [2.24, 2.45) is 0 Å². The Morgan fingerprint density at radius 3 is 2.73 bits per heavy atom. The van der Waals surface area contributed by atoms with Crippen molar-refractivity contribution in [2.45, 2.75) is 24.8 Å². The predicted molar refractivity (Wildman–Crippen MR) is 67.1 cm³/mol. The summed E-state index contributed by atoms with van der Waals surface area (Å²) in [5.74, 6) is 0.716. The summed E-state index contributed by atoms with van der Waals surface area (Å²) in [7, 11) is 0. The number of hydrogen-bond acceptors (Lipinski definition) is 2. The summed E-state index contributed by atoms with van der Waals surface area (Å²) in [4.78, 5) is 0. The van der Waals surface area contributed by atoms with E-state index in [1.165, 1.54) is 5.56 Å². The highest BCUT2D eigenvalue weighted by atomic mass is 79.9. The molecule has 0 N–H and O–H groups in total. The smallest absolute Gasteiger partial charge is 0.184 e. The Morgan fingerprint density at radius 1 is 1.53 bits per heavy atom. The number of ether oxygens (including phenoxy) is 1. The Morgan fingerprint density at radius 2 is 2.27 bits per heavy atom. The molecule has 0 amide bonds. The number of rotatable bonds is 4. The fourth-order valence-electron chi connectivity index (χ4n) is 1.08. The van der Waals surface area contributed by atoms with Crippen molar-refractivity contribution in [3.63, 3.8) is 0 Å². The first kappa shape index (κ1) is 12.5. The van der Waals surface area contributed by atoms with Crippen molar-refractivity contribution in [1.82, 2.24) is 0 Å². The van der Waals surface area contributed by atoms with Crippen molar-refractivity contribution in [2.75, 3.05) is 0 Å². The van der Waals surface area contributed by atoms with Gasteiger partial charge in [0.15, 0.2) is 6.10 Å². The summed E-state index contributed by atoms with van der Waals surface area (Å²) < 4.78 is 6.40. The highest BCUT2D eigenvalue weighted by Crippen LogP contribution is 2.27. The van der Waals surface area contributed by atoms with E-state index >= 15 is 0 Å². The summed E-state index contributed by atoms with van der Waals surface area (Å²) in [6.45, 7) is 1.93. The zero-order valence-electron chi connectivity index (χ0n) is 8.34. The maximum atomic E-state index is 8.78. The standard InChI is InChI=1S/C11H11Br2NO/c1-2-9(7-14)15-11-4-3-8(6-12)5-10(11)13/h3-5,9H,2,6H2,1H3. The average Bonchev–Trinajstić information content (AvgIpc) is 2.27. The van der Waals surface area contributed by atoms with Crippen LogP contribution in [0, 0.1) is 11.3 Å². The van der Waals surface area contributed by atoms with Gasteiger partial charge in [-0.25, -0.2) is 0 Å². The molecule has 2 nitrogen and oxygen atoms in total. The SMILES string of the molecule is CCC(C#N)Oc1ccc(CBr)cc1Br. The van der Waals surface area contributed by atoms with Gasteiger partial charge in [-0.05, 0) is 40.0 Å². The van der Waals surface area contributed by atoms with Gasteiger partial charge in [-0.15, -0.1) is 0 Å². The molecule has 4 heteroatoms. The van der Waals surface area contributed by atoms with Crippen LogP contribution in [-0.2, 0) is 5.33 Å². The molecule has 0 saturated heterocycles. The maximum absolute atomic E-state index is 8.78. The van der Waals surface area contributed by atoms with Crippen LogP contribution in [0.3, 0.4) is 0 Å².